The summed E-state index contributed by atoms with van der Waals surface area (Å²) in [5.74, 6) is 0.196. The van der Waals surface area contributed by atoms with Crippen LogP contribution in [0.5, 0.6) is 11.5 Å². The number of benzene rings is 4. The van der Waals surface area contributed by atoms with Gasteiger partial charge in [0.1, 0.15) is 18.0 Å². The number of nitrogens with zero attached hydrogens (tertiary/aromatic N) is 2. The van der Waals surface area contributed by atoms with E-state index in [1.54, 1.807) is 29.7 Å². The molecular formula is C28H22N2O4S. The lowest BCUT2D eigenvalue weighted by Crippen LogP contribution is -2.23. The summed E-state index contributed by atoms with van der Waals surface area (Å²) in [5.41, 5.74) is 1.16. The lowest BCUT2D eigenvalue weighted by Gasteiger charge is -2.09. The van der Waals surface area contributed by atoms with Gasteiger partial charge >= 0.3 is 5.97 Å². The zero-order valence-corrected chi connectivity index (χ0v) is 19.8. The zero-order valence-electron chi connectivity index (χ0n) is 19.0. The fraction of sp³-hybridized carbons (Fsp3) is 0.107. The molecule has 0 saturated carbocycles. The number of rotatable bonds is 6. The third-order valence-electron chi connectivity index (χ3n) is 5.45. The normalized spacial score (nSPS) is 11.6. The summed E-state index contributed by atoms with van der Waals surface area (Å²) in [6, 6.07) is 28.2. The molecule has 0 aliphatic carbocycles. The maximum absolute atomic E-state index is 13.4. The molecule has 1 heterocycles. The van der Waals surface area contributed by atoms with Gasteiger partial charge in [-0.3, -0.25) is 9.59 Å². The van der Waals surface area contributed by atoms with E-state index in [1.165, 1.54) is 11.3 Å². The van der Waals surface area contributed by atoms with Crippen molar-refractivity contribution in [3.63, 3.8) is 0 Å². The molecular weight excluding hydrogens is 460 g/mol. The highest BCUT2D eigenvalue weighted by atomic mass is 32.1. The maximum Gasteiger partial charge on any atom is 0.326 e. The lowest BCUT2D eigenvalue weighted by atomic mass is 10.1. The van der Waals surface area contributed by atoms with Gasteiger partial charge in [0, 0.05) is 5.39 Å². The van der Waals surface area contributed by atoms with E-state index in [9.17, 15) is 9.59 Å². The van der Waals surface area contributed by atoms with Crippen LogP contribution in [-0.2, 0) is 16.1 Å². The molecule has 4 aromatic carbocycles. The number of thiazole rings is 1. The first-order chi connectivity index (χ1) is 17.1. The third-order valence-corrected chi connectivity index (χ3v) is 6.58. The Balaban J connectivity index is 1.63. The molecule has 0 atom stereocenters. The first-order valence-corrected chi connectivity index (χ1v) is 12.0. The van der Waals surface area contributed by atoms with Gasteiger partial charge < -0.3 is 14.0 Å². The predicted molar refractivity (Wildman–Crippen MR) is 137 cm³/mol. The Morgan fingerprint density at radius 3 is 2.46 bits per heavy atom. The molecule has 5 rings (SSSR count). The molecule has 174 valence electrons. The number of carbonyl (C=O) groups excluding carboxylic acids is 2. The minimum absolute atomic E-state index is 0.0412. The van der Waals surface area contributed by atoms with Crippen molar-refractivity contribution in [3.05, 3.63) is 101 Å². The van der Waals surface area contributed by atoms with Gasteiger partial charge in [0.05, 0.1) is 22.4 Å². The van der Waals surface area contributed by atoms with Gasteiger partial charge in [-0.2, -0.15) is 4.99 Å². The fourth-order valence-corrected chi connectivity index (χ4v) is 5.03. The second kappa shape index (κ2) is 9.95. The van der Waals surface area contributed by atoms with Gasteiger partial charge in [0.2, 0.25) is 0 Å². The Morgan fingerprint density at radius 1 is 0.886 bits per heavy atom. The van der Waals surface area contributed by atoms with Crippen LogP contribution in [0.25, 0.3) is 21.0 Å². The number of ether oxygens (including phenoxy) is 2. The Morgan fingerprint density at radius 2 is 1.63 bits per heavy atom. The van der Waals surface area contributed by atoms with Crippen LogP contribution in [0.4, 0.5) is 0 Å². The number of amides is 1. The van der Waals surface area contributed by atoms with Crippen LogP contribution in [0.1, 0.15) is 17.3 Å². The maximum atomic E-state index is 13.4. The smallest absolute Gasteiger partial charge is 0.326 e. The standard InChI is InChI=1S/C28H22N2O4S/c1-2-33-25(31)18-30-23-17-16-19-10-6-7-13-21(19)26(23)35-28(30)29-27(32)22-14-8-9-15-24(22)34-20-11-4-3-5-12-20/h3-17H,2,18H2,1H3. The van der Waals surface area contributed by atoms with Crippen molar-refractivity contribution in [2.24, 2.45) is 4.99 Å². The van der Waals surface area contributed by atoms with Crippen LogP contribution in [-0.4, -0.2) is 23.1 Å². The minimum atomic E-state index is -0.454. The molecule has 0 radical (unpaired) electrons. The largest absolute Gasteiger partial charge is 0.465 e. The van der Waals surface area contributed by atoms with Crippen molar-refractivity contribution in [3.8, 4) is 11.5 Å². The second-order valence-electron chi connectivity index (χ2n) is 7.74. The highest BCUT2D eigenvalue weighted by Crippen LogP contribution is 2.29. The molecule has 5 aromatic rings. The molecule has 1 amide bonds. The van der Waals surface area contributed by atoms with Crippen molar-refractivity contribution in [2.75, 3.05) is 6.61 Å². The summed E-state index contributed by atoms with van der Waals surface area (Å²) in [4.78, 5) is 30.6. The van der Waals surface area contributed by atoms with Crippen LogP contribution >= 0.6 is 11.3 Å². The van der Waals surface area contributed by atoms with Crippen molar-refractivity contribution < 1.29 is 19.1 Å². The quantitative estimate of drug-likeness (QED) is 0.280. The summed E-state index contributed by atoms with van der Waals surface area (Å²) in [6.07, 6.45) is 0. The number of carbonyl (C=O) groups is 2. The summed E-state index contributed by atoms with van der Waals surface area (Å²) in [7, 11) is 0. The molecule has 0 aliphatic heterocycles. The highest BCUT2D eigenvalue weighted by molar-refractivity contribution is 7.17. The summed E-state index contributed by atoms with van der Waals surface area (Å²) in [6.45, 7) is 2.00. The van der Waals surface area contributed by atoms with Gasteiger partial charge in [-0.15, -0.1) is 0 Å². The number of hydrogen-bond donors (Lipinski definition) is 0. The highest BCUT2D eigenvalue weighted by Gasteiger charge is 2.17. The third kappa shape index (κ3) is 4.72. The average Bonchev–Trinajstić information content (AvgIpc) is 3.22. The number of esters is 1. The van der Waals surface area contributed by atoms with Crippen LogP contribution in [0, 0.1) is 0 Å². The molecule has 6 nitrogen and oxygen atoms in total. The van der Waals surface area contributed by atoms with Gasteiger partial charge in [-0.1, -0.05) is 72.0 Å². The summed E-state index contributed by atoms with van der Waals surface area (Å²) >= 11 is 1.37. The Labute approximate surface area is 205 Å². The molecule has 1 aromatic heterocycles. The fourth-order valence-electron chi connectivity index (χ4n) is 3.87. The van der Waals surface area contributed by atoms with E-state index >= 15 is 0 Å². The zero-order chi connectivity index (χ0) is 24.2. The van der Waals surface area contributed by atoms with Crippen molar-refractivity contribution in [1.82, 2.24) is 4.57 Å². The molecule has 0 N–H and O–H groups in total. The monoisotopic (exact) mass is 482 g/mol. The van der Waals surface area contributed by atoms with Gasteiger partial charge in [-0.05, 0) is 42.6 Å². The van der Waals surface area contributed by atoms with Crippen LogP contribution in [0.15, 0.2) is 96.0 Å². The van der Waals surface area contributed by atoms with Crippen LogP contribution in [0.2, 0.25) is 0 Å². The predicted octanol–water partition coefficient (Wildman–Crippen LogP) is 5.95. The first-order valence-electron chi connectivity index (χ1n) is 11.2. The van der Waals surface area contributed by atoms with Gasteiger partial charge in [-0.25, -0.2) is 0 Å². The first kappa shape index (κ1) is 22.6. The number of para-hydroxylation sites is 2. The topological polar surface area (TPSA) is 69.9 Å². The van der Waals surface area contributed by atoms with E-state index in [2.05, 4.69) is 4.99 Å². The number of fused-ring (bicyclic) bond motifs is 3. The van der Waals surface area contributed by atoms with E-state index in [0.717, 1.165) is 21.0 Å². The second-order valence-corrected chi connectivity index (χ2v) is 8.72. The Kier molecular flexibility index (Phi) is 6.41. The molecule has 0 fully saturated rings. The van der Waals surface area contributed by atoms with Crippen molar-refractivity contribution in [1.29, 1.82) is 0 Å². The van der Waals surface area contributed by atoms with Crippen LogP contribution < -0.4 is 9.54 Å². The van der Waals surface area contributed by atoms with E-state index in [0.29, 0.717) is 21.9 Å². The SMILES string of the molecule is CCOC(=O)Cn1c(=NC(=O)c2ccccc2Oc2ccccc2)sc2c3ccccc3ccc21. The van der Waals surface area contributed by atoms with Gasteiger partial charge in [0.25, 0.3) is 5.91 Å². The van der Waals surface area contributed by atoms with Crippen LogP contribution in [0.3, 0.4) is 0 Å². The summed E-state index contributed by atoms with van der Waals surface area (Å²) < 4.78 is 13.8. The summed E-state index contributed by atoms with van der Waals surface area (Å²) in [5, 5.41) is 2.11. The average molecular weight is 483 g/mol. The van der Waals surface area contributed by atoms with Crippen molar-refractivity contribution in [2.45, 2.75) is 13.5 Å². The number of aromatic nitrogens is 1. The molecule has 0 bridgehead atoms. The lowest BCUT2D eigenvalue weighted by molar-refractivity contribution is -0.143. The van der Waals surface area contributed by atoms with Crippen molar-refractivity contribution >= 4 is 44.2 Å². The van der Waals surface area contributed by atoms with E-state index in [-0.39, 0.29) is 19.1 Å². The molecule has 0 spiro atoms. The molecule has 7 heteroatoms. The molecule has 35 heavy (non-hydrogen) atoms. The Bertz CT molecular complexity index is 1600. The van der Waals surface area contributed by atoms with Gasteiger partial charge in [0.15, 0.2) is 4.80 Å². The number of hydrogen-bond acceptors (Lipinski definition) is 5. The van der Waals surface area contributed by atoms with E-state index in [1.807, 2.05) is 72.8 Å². The molecule has 0 aliphatic rings. The Hall–Kier alpha value is -4.23. The minimum Gasteiger partial charge on any atom is -0.465 e. The van der Waals surface area contributed by atoms with E-state index < -0.39 is 5.91 Å². The van der Waals surface area contributed by atoms with E-state index in [4.69, 9.17) is 9.47 Å². The molecule has 0 unspecified atom stereocenters. The molecule has 0 saturated heterocycles.